The molecule has 0 aliphatic heterocycles. The van der Waals surface area contributed by atoms with Crippen LogP contribution in [0.3, 0.4) is 0 Å². The number of allylic oxidation sites excluding steroid dienone is 1. The molecule has 0 fully saturated rings. The summed E-state index contributed by atoms with van der Waals surface area (Å²) in [5.74, 6) is 0.370. The summed E-state index contributed by atoms with van der Waals surface area (Å²) in [6, 6.07) is 6.20. The Morgan fingerprint density at radius 2 is 1.65 bits per heavy atom. The molecule has 0 unspecified atom stereocenters. The molecular formula is C16H16O4. The van der Waals surface area contributed by atoms with Gasteiger partial charge in [-0.05, 0) is 43.5 Å². The van der Waals surface area contributed by atoms with E-state index < -0.39 is 11.3 Å². The molecule has 104 valence electrons. The van der Waals surface area contributed by atoms with Gasteiger partial charge in [0.05, 0.1) is 10.8 Å². The third kappa shape index (κ3) is 3.57. The fourth-order valence-electron chi connectivity index (χ4n) is 1.83. The highest BCUT2D eigenvalue weighted by atomic mass is 16.4. The number of benzene rings is 1. The van der Waals surface area contributed by atoms with Crippen molar-refractivity contribution in [2.24, 2.45) is 0 Å². The molecule has 0 amide bonds. The average molecular weight is 272 g/mol. The van der Waals surface area contributed by atoms with Crippen LogP contribution in [-0.4, -0.2) is 0 Å². The number of unbranched alkanes of at least 4 members (excludes halogenated alkanes) is 2. The summed E-state index contributed by atoms with van der Waals surface area (Å²) in [5, 5.41) is 0.825. The molecule has 2 heterocycles. The zero-order valence-corrected chi connectivity index (χ0v) is 11.1. The molecule has 0 aliphatic carbocycles. The van der Waals surface area contributed by atoms with Gasteiger partial charge < -0.3 is 8.83 Å². The van der Waals surface area contributed by atoms with Crippen molar-refractivity contribution in [2.45, 2.75) is 25.7 Å². The summed E-state index contributed by atoms with van der Waals surface area (Å²) in [7, 11) is 0. The maximum absolute atomic E-state index is 11.9. The van der Waals surface area contributed by atoms with Gasteiger partial charge >= 0.3 is 11.3 Å². The van der Waals surface area contributed by atoms with E-state index in [0.29, 0.717) is 23.0 Å². The fraction of sp³-hybridized carbons (Fsp3) is 0.250. The normalized spacial score (nSPS) is 10.4. The van der Waals surface area contributed by atoms with Gasteiger partial charge in [-0.25, -0.2) is 9.59 Å². The molecule has 2 bridgehead atoms. The van der Waals surface area contributed by atoms with Gasteiger partial charge in [0.25, 0.3) is 0 Å². The largest absolute Gasteiger partial charge is 0.427 e. The predicted octanol–water partition coefficient (Wildman–Crippen LogP) is 3.21. The Hall–Kier alpha value is -2.36. The highest BCUT2D eigenvalue weighted by Gasteiger charge is 2.00. The van der Waals surface area contributed by atoms with Crippen LogP contribution in [0.4, 0.5) is 0 Å². The van der Waals surface area contributed by atoms with Crippen molar-refractivity contribution in [1.29, 1.82) is 0 Å². The molecule has 3 rings (SSSR count). The smallest absolute Gasteiger partial charge is 0.343 e. The summed E-state index contributed by atoms with van der Waals surface area (Å²) < 4.78 is 10.3. The zero-order valence-electron chi connectivity index (χ0n) is 11.1. The van der Waals surface area contributed by atoms with Gasteiger partial charge in [0.15, 0.2) is 0 Å². The first kappa shape index (κ1) is 14.1. The minimum Gasteiger partial charge on any atom is -0.427 e. The maximum Gasteiger partial charge on any atom is 0.343 e. The van der Waals surface area contributed by atoms with Crippen LogP contribution >= 0.6 is 0 Å². The van der Waals surface area contributed by atoms with E-state index in [-0.39, 0.29) is 0 Å². The van der Waals surface area contributed by atoms with Gasteiger partial charge in [-0.2, -0.15) is 0 Å². The lowest BCUT2D eigenvalue weighted by molar-refractivity contribution is 0.420. The van der Waals surface area contributed by atoms with E-state index >= 15 is 0 Å². The Bertz CT molecular complexity index is 717. The van der Waals surface area contributed by atoms with Crippen LogP contribution in [0.25, 0.3) is 10.8 Å². The minimum absolute atomic E-state index is 0.370. The van der Waals surface area contributed by atoms with E-state index in [1.165, 1.54) is 6.26 Å². The highest BCUT2D eigenvalue weighted by molar-refractivity contribution is 5.60. The molecule has 0 atom stereocenters. The molecule has 0 saturated heterocycles. The Morgan fingerprint density at radius 1 is 1.00 bits per heavy atom. The molecule has 2 aromatic heterocycles. The molecule has 0 aliphatic rings. The first-order valence-electron chi connectivity index (χ1n) is 6.54. The first-order valence-corrected chi connectivity index (χ1v) is 6.54. The zero-order chi connectivity index (χ0) is 14.4. The van der Waals surface area contributed by atoms with Crippen LogP contribution in [0.5, 0.6) is 0 Å². The van der Waals surface area contributed by atoms with Crippen molar-refractivity contribution in [3.05, 3.63) is 69.8 Å². The first-order chi connectivity index (χ1) is 9.70. The maximum atomic E-state index is 11.9. The van der Waals surface area contributed by atoms with Crippen molar-refractivity contribution in [1.82, 2.24) is 0 Å². The molecule has 0 radical (unpaired) electrons. The number of fused-ring (bicyclic) bond motifs is 7. The summed E-state index contributed by atoms with van der Waals surface area (Å²) in [6.45, 7) is 3.65. The second-order valence-electron chi connectivity index (χ2n) is 4.49. The Morgan fingerprint density at radius 3 is 2.30 bits per heavy atom. The second kappa shape index (κ2) is 6.70. The third-order valence-corrected chi connectivity index (χ3v) is 2.96. The van der Waals surface area contributed by atoms with Crippen molar-refractivity contribution in [3.63, 3.8) is 0 Å². The van der Waals surface area contributed by atoms with E-state index in [1.807, 2.05) is 6.08 Å². The molecule has 0 saturated carbocycles. The number of hydrogen-bond donors (Lipinski definition) is 0. The van der Waals surface area contributed by atoms with Crippen molar-refractivity contribution >= 4 is 10.8 Å². The van der Waals surface area contributed by atoms with Gasteiger partial charge in [0.1, 0.15) is 12.0 Å². The molecule has 1 aromatic carbocycles. The molecule has 20 heavy (non-hydrogen) atoms. The molecule has 4 nitrogen and oxygen atoms in total. The summed E-state index contributed by atoms with van der Waals surface area (Å²) in [4.78, 5) is 23.6. The molecule has 0 spiro atoms. The average Bonchev–Trinajstić information content (AvgIpc) is 2.48. The van der Waals surface area contributed by atoms with Crippen molar-refractivity contribution < 1.29 is 8.83 Å². The lowest BCUT2D eigenvalue weighted by Gasteiger charge is -1.97. The van der Waals surface area contributed by atoms with Crippen LogP contribution in [0.15, 0.2) is 61.6 Å². The van der Waals surface area contributed by atoms with Gasteiger partial charge in [-0.15, -0.1) is 6.58 Å². The van der Waals surface area contributed by atoms with Gasteiger partial charge in [0.2, 0.25) is 0 Å². The van der Waals surface area contributed by atoms with Crippen LogP contribution < -0.4 is 11.3 Å². The lowest BCUT2D eigenvalue weighted by Crippen LogP contribution is -2.02. The quantitative estimate of drug-likeness (QED) is 0.619. The third-order valence-electron chi connectivity index (χ3n) is 2.96. The molecule has 3 aromatic rings. The summed E-state index contributed by atoms with van der Waals surface area (Å²) >= 11 is 0. The van der Waals surface area contributed by atoms with Gasteiger partial charge in [-0.1, -0.05) is 6.08 Å². The monoisotopic (exact) mass is 272 g/mol. The Labute approximate surface area is 116 Å². The number of aryl methyl sites for hydroxylation is 1. The van der Waals surface area contributed by atoms with Crippen molar-refractivity contribution in [3.8, 4) is 0 Å². The predicted molar refractivity (Wildman–Crippen MR) is 77.6 cm³/mol. The van der Waals surface area contributed by atoms with Crippen LogP contribution in [0, 0.1) is 0 Å². The van der Waals surface area contributed by atoms with E-state index in [4.69, 9.17) is 8.83 Å². The molecule has 0 N–H and O–H groups in total. The summed E-state index contributed by atoms with van der Waals surface area (Å²) in [5.41, 5.74) is -0.900. The molecular weight excluding hydrogens is 256 g/mol. The van der Waals surface area contributed by atoms with Gasteiger partial charge in [-0.3, -0.25) is 0 Å². The Balaban J connectivity index is 2.42. The van der Waals surface area contributed by atoms with Crippen LogP contribution in [-0.2, 0) is 6.42 Å². The lowest BCUT2D eigenvalue weighted by atomic mass is 10.2. The van der Waals surface area contributed by atoms with E-state index in [0.717, 1.165) is 19.3 Å². The number of rotatable bonds is 5. The van der Waals surface area contributed by atoms with Crippen LogP contribution in [0.2, 0.25) is 0 Å². The Kier molecular flexibility index (Phi) is 4.71. The topological polar surface area (TPSA) is 60.4 Å². The van der Waals surface area contributed by atoms with E-state index in [9.17, 15) is 9.59 Å². The SMILES string of the molecule is C=CCCCCc1coc(=O)c2ccc(cc2)c(=O)o1. The fourth-order valence-corrected chi connectivity index (χ4v) is 1.83. The summed E-state index contributed by atoms with van der Waals surface area (Å²) in [6.07, 6.45) is 6.30. The number of hydrogen-bond acceptors (Lipinski definition) is 4. The van der Waals surface area contributed by atoms with Crippen molar-refractivity contribution in [2.75, 3.05) is 0 Å². The standard InChI is InChI=1S/C16H16O4/c1-2-3-4-5-6-14-11-19-15(17)12-7-9-13(10-8-12)16(18)20-14/h2,7-11H,1,3-6H2. The highest BCUT2D eigenvalue weighted by Crippen LogP contribution is 2.05. The van der Waals surface area contributed by atoms with E-state index in [1.54, 1.807) is 24.3 Å². The van der Waals surface area contributed by atoms with Crippen LogP contribution in [0.1, 0.15) is 25.0 Å². The second-order valence-corrected chi connectivity index (χ2v) is 4.49. The van der Waals surface area contributed by atoms with E-state index in [2.05, 4.69) is 6.58 Å². The van der Waals surface area contributed by atoms with Gasteiger partial charge in [0, 0.05) is 6.42 Å². The molecule has 4 heteroatoms. The minimum atomic E-state index is -0.460.